The van der Waals surface area contributed by atoms with Crippen molar-refractivity contribution in [2.24, 2.45) is 0 Å². The highest BCUT2D eigenvalue weighted by Gasteiger charge is 2.17. The summed E-state index contributed by atoms with van der Waals surface area (Å²) in [5.41, 5.74) is 1.07. The van der Waals surface area contributed by atoms with Crippen LogP contribution in [-0.2, 0) is 4.79 Å². The van der Waals surface area contributed by atoms with Gasteiger partial charge in [-0.05, 0) is 23.8 Å². The SMILES string of the molecule is O=CC(c1ccc(O)cc1)c1ccc(O)cc1O. The predicted octanol–water partition coefficient (Wildman–Crippen LogP) is 2.13. The summed E-state index contributed by atoms with van der Waals surface area (Å²) in [6.07, 6.45) is 0.707. The molecular formula is C14H12O4. The first kappa shape index (κ1) is 12.0. The van der Waals surface area contributed by atoms with Crippen molar-refractivity contribution in [3.05, 3.63) is 53.6 Å². The maximum atomic E-state index is 11.2. The van der Waals surface area contributed by atoms with Crippen LogP contribution in [0.15, 0.2) is 42.5 Å². The molecule has 18 heavy (non-hydrogen) atoms. The lowest BCUT2D eigenvalue weighted by atomic mass is 9.92. The van der Waals surface area contributed by atoms with Gasteiger partial charge in [0.1, 0.15) is 23.5 Å². The second kappa shape index (κ2) is 4.79. The summed E-state index contributed by atoms with van der Waals surface area (Å²) in [4.78, 5) is 11.2. The molecule has 1 atom stereocenters. The van der Waals surface area contributed by atoms with E-state index in [-0.39, 0.29) is 17.2 Å². The second-order valence-corrected chi connectivity index (χ2v) is 3.95. The van der Waals surface area contributed by atoms with Crippen molar-refractivity contribution in [2.45, 2.75) is 5.92 Å². The molecule has 2 rings (SSSR count). The fraction of sp³-hybridized carbons (Fsp3) is 0.0714. The van der Waals surface area contributed by atoms with Crippen molar-refractivity contribution >= 4 is 6.29 Å². The number of phenolic OH excluding ortho intramolecular Hbond substituents is 3. The highest BCUT2D eigenvalue weighted by Crippen LogP contribution is 2.32. The Kier molecular flexibility index (Phi) is 3.19. The fourth-order valence-electron chi connectivity index (χ4n) is 1.81. The minimum absolute atomic E-state index is 0.0633. The van der Waals surface area contributed by atoms with E-state index in [1.165, 1.54) is 30.3 Å². The van der Waals surface area contributed by atoms with Crippen LogP contribution in [0.3, 0.4) is 0 Å². The minimum Gasteiger partial charge on any atom is -0.508 e. The predicted molar refractivity (Wildman–Crippen MR) is 65.8 cm³/mol. The van der Waals surface area contributed by atoms with Gasteiger partial charge in [-0.3, -0.25) is 0 Å². The van der Waals surface area contributed by atoms with Gasteiger partial charge in [0.2, 0.25) is 0 Å². The Labute approximate surface area is 104 Å². The van der Waals surface area contributed by atoms with E-state index in [1.54, 1.807) is 12.1 Å². The molecule has 0 saturated heterocycles. The van der Waals surface area contributed by atoms with Crippen molar-refractivity contribution in [2.75, 3.05) is 0 Å². The number of carbonyl (C=O) groups is 1. The van der Waals surface area contributed by atoms with Crippen LogP contribution in [0, 0.1) is 0 Å². The molecular weight excluding hydrogens is 232 g/mol. The van der Waals surface area contributed by atoms with Gasteiger partial charge >= 0.3 is 0 Å². The van der Waals surface area contributed by atoms with E-state index >= 15 is 0 Å². The van der Waals surface area contributed by atoms with E-state index in [0.29, 0.717) is 17.4 Å². The number of aromatic hydroxyl groups is 3. The smallest absolute Gasteiger partial charge is 0.131 e. The van der Waals surface area contributed by atoms with Gasteiger partial charge < -0.3 is 20.1 Å². The Morgan fingerprint density at radius 2 is 1.50 bits per heavy atom. The summed E-state index contributed by atoms with van der Waals surface area (Å²) in [5.74, 6) is -0.726. The summed E-state index contributed by atoms with van der Waals surface area (Å²) in [5, 5.41) is 28.2. The molecule has 0 aliphatic heterocycles. The van der Waals surface area contributed by atoms with Gasteiger partial charge in [0.25, 0.3) is 0 Å². The van der Waals surface area contributed by atoms with Crippen LogP contribution in [0.1, 0.15) is 17.0 Å². The number of rotatable bonds is 3. The molecule has 0 saturated carbocycles. The van der Waals surface area contributed by atoms with E-state index in [0.717, 1.165) is 0 Å². The van der Waals surface area contributed by atoms with Gasteiger partial charge in [-0.1, -0.05) is 18.2 Å². The number of hydrogen-bond donors (Lipinski definition) is 3. The maximum absolute atomic E-state index is 11.2. The van der Waals surface area contributed by atoms with E-state index < -0.39 is 5.92 Å². The molecule has 0 heterocycles. The highest BCUT2D eigenvalue weighted by molar-refractivity contribution is 5.70. The van der Waals surface area contributed by atoms with Crippen molar-refractivity contribution < 1.29 is 20.1 Å². The van der Waals surface area contributed by atoms with Gasteiger partial charge in [0.15, 0.2) is 0 Å². The zero-order valence-corrected chi connectivity index (χ0v) is 9.45. The van der Waals surface area contributed by atoms with Gasteiger partial charge in [0.05, 0.1) is 5.92 Å². The number of benzene rings is 2. The van der Waals surface area contributed by atoms with E-state index in [1.807, 2.05) is 0 Å². The topological polar surface area (TPSA) is 77.8 Å². The van der Waals surface area contributed by atoms with Crippen LogP contribution in [0.2, 0.25) is 0 Å². The molecule has 1 unspecified atom stereocenters. The number of hydrogen-bond acceptors (Lipinski definition) is 4. The molecule has 0 spiro atoms. The highest BCUT2D eigenvalue weighted by atomic mass is 16.3. The Morgan fingerprint density at radius 1 is 0.889 bits per heavy atom. The van der Waals surface area contributed by atoms with Crippen LogP contribution in [0.5, 0.6) is 17.2 Å². The van der Waals surface area contributed by atoms with E-state index in [9.17, 15) is 20.1 Å². The molecule has 0 aliphatic carbocycles. The summed E-state index contributed by atoms with van der Waals surface area (Å²) in [6, 6.07) is 10.3. The summed E-state index contributed by atoms with van der Waals surface area (Å²) >= 11 is 0. The fourth-order valence-corrected chi connectivity index (χ4v) is 1.81. The first-order chi connectivity index (χ1) is 8.61. The summed E-state index contributed by atoms with van der Waals surface area (Å²) in [7, 11) is 0. The Balaban J connectivity index is 2.45. The number of phenols is 3. The zero-order valence-electron chi connectivity index (χ0n) is 9.45. The summed E-state index contributed by atoms with van der Waals surface area (Å²) < 4.78 is 0. The standard InChI is InChI=1S/C14H12O4/c15-8-13(9-1-3-10(16)4-2-9)12-6-5-11(17)7-14(12)18/h1-8,13,16-18H. The van der Waals surface area contributed by atoms with Crippen molar-refractivity contribution in [1.29, 1.82) is 0 Å². The summed E-state index contributed by atoms with van der Waals surface area (Å²) in [6.45, 7) is 0. The molecule has 92 valence electrons. The van der Waals surface area contributed by atoms with Crippen molar-refractivity contribution in [3.8, 4) is 17.2 Å². The molecule has 2 aromatic carbocycles. The Bertz CT molecular complexity index is 561. The van der Waals surface area contributed by atoms with Crippen LogP contribution >= 0.6 is 0 Å². The monoisotopic (exact) mass is 244 g/mol. The lowest BCUT2D eigenvalue weighted by Crippen LogP contribution is -2.02. The van der Waals surface area contributed by atoms with Crippen LogP contribution in [0.25, 0.3) is 0 Å². The molecule has 0 aromatic heterocycles. The van der Waals surface area contributed by atoms with Crippen LogP contribution in [-0.4, -0.2) is 21.6 Å². The third-order valence-corrected chi connectivity index (χ3v) is 2.74. The second-order valence-electron chi connectivity index (χ2n) is 3.95. The zero-order chi connectivity index (χ0) is 13.1. The van der Waals surface area contributed by atoms with Crippen molar-refractivity contribution in [3.63, 3.8) is 0 Å². The molecule has 0 bridgehead atoms. The largest absolute Gasteiger partial charge is 0.508 e. The van der Waals surface area contributed by atoms with E-state index in [4.69, 9.17) is 0 Å². The maximum Gasteiger partial charge on any atom is 0.131 e. The molecule has 3 N–H and O–H groups in total. The third kappa shape index (κ3) is 2.27. The molecule has 0 fully saturated rings. The lowest BCUT2D eigenvalue weighted by Gasteiger charge is -2.13. The molecule has 0 amide bonds. The van der Waals surface area contributed by atoms with Gasteiger partial charge in [-0.25, -0.2) is 0 Å². The minimum atomic E-state index is -0.633. The molecule has 0 radical (unpaired) electrons. The molecule has 0 aliphatic rings. The number of aldehydes is 1. The van der Waals surface area contributed by atoms with Gasteiger partial charge in [-0.15, -0.1) is 0 Å². The Morgan fingerprint density at radius 3 is 2.06 bits per heavy atom. The first-order valence-corrected chi connectivity index (χ1v) is 5.38. The molecule has 2 aromatic rings. The molecule has 4 nitrogen and oxygen atoms in total. The van der Waals surface area contributed by atoms with Crippen LogP contribution in [0.4, 0.5) is 0 Å². The molecule has 4 heteroatoms. The lowest BCUT2D eigenvalue weighted by molar-refractivity contribution is -0.108. The van der Waals surface area contributed by atoms with Crippen molar-refractivity contribution in [1.82, 2.24) is 0 Å². The number of carbonyl (C=O) groups excluding carboxylic acids is 1. The van der Waals surface area contributed by atoms with Gasteiger partial charge in [0, 0.05) is 11.6 Å². The first-order valence-electron chi connectivity index (χ1n) is 5.38. The normalized spacial score (nSPS) is 12.0. The Hall–Kier alpha value is -2.49. The average Bonchev–Trinajstić information content (AvgIpc) is 2.35. The van der Waals surface area contributed by atoms with Gasteiger partial charge in [-0.2, -0.15) is 0 Å². The quantitative estimate of drug-likeness (QED) is 0.723. The average molecular weight is 244 g/mol. The third-order valence-electron chi connectivity index (χ3n) is 2.74. The van der Waals surface area contributed by atoms with E-state index in [2.05, 4.69) is 0 Å². The van der Waals surface area contributed by atoms with Crippen LogP contribution < -0.4 is 0 Å².